The largest absolute Gasteiger partial charge is 0.507 e. The number of aromatic nitrogens is 1. The predicted octanol–water partition coefficient (Wildman–Crippen LogP) is 1.80. The number of H-pyrrole nitrogens is 1. The van der Waals surface area contributed by atoms with E-state index in [4.69, 9.17) is 0 Å². The van der Waals surface area contributed by atoms with Crippen molar-refractivity contribution in [1.82, 2.24) is 4.98 Å². The van der Waals surface area contributed by atoms with Crippen LogP contribution in [0.4, 0.5) is 0 Å². The molecule has 0 saturated heterocycles. The Morgan fingerprint density at radius 2 is 1.88 bits per heavy atom. The van der Waals surface area contributed by atoms with Crippen LogP contribution in [0.15, 0.2) is 27.8 Å². The Morgan fingerprint density at radius 3 is 2.56 bits per heavy atom. The molecule has 1 heterocycles. The summed E-state index contributed by atoms with van der Waals surface area (Å²) in [4.78, 5) is 25.0. The highest BCUT2D eigenvalue weighted by molar-refractivity contribution is 14.1. The minimum absolute atomic E-state index is 0.179. The molecular weight excluding hydrogens is 436 g/mol. The quantitative estimate of drug-likeness (QED) is 0.485. The molecule has 0 fully saturated rings. The van der Waals surface area contributed by atoms with E-state index in [1.54, 1.807) is 6.07 Å². The van der Waals surface area contributed by atoms with E-state index >= 15 is 0 Å². The number of benzene rings is 1. The second-order valence-corrected chi connectivity index (χ2v) is 5.37. The van der Waals surface area contributed by atoms with E-state index in [1.165, 1.54) is 0 Å². The number of rotatable bonds is 0. The summed E-state index contributed by atoms with van der Waals surface area (Å²) in [5, 5.41) is 10.3. The van der Waals surface area contributed by atoms with E-state index in [0.717, 1.165) is 13.2 Å². The van der Waals surface area contributed by atoms with E-state index in [2.05, 4.69) is 50.2 Å². The van der Waals surface area contributed by atoms with Gasteiger partial charge in [0.25, 0.3) is 5.56 Å². The highest BCUT2D eigenvalue weighted by atomic mass is 127. The molecule has 0 spiro atoms. The number of aromatic amines is 1. The van der Waals surface area contributed by atoms with E-state index in [-0.39, 0.29) is 5.75 Å². The van der Waals surface area contributed by atoms with Gasteiger partial charge in [0, 0.05) is 13.2 Å². The first-order valence-corrected chi connectivity index (χ1v) is 6.41. The summed E-state index contributed by atoms with van der Waals surface area (Å²) in [5.41, 5.74) is -1.03. The molecule has 82 valence electrons. The zero-order chi connectivity index (χ0) is 11.9. The standard InChI is InChI=1S/C10H5I2NO3/c11-4-1-2-5-8(9(4)12)6(14)3-7(15)10(16)13-5/h1-3,14H,(H,13,15,16). The molecule has 2 aromatic rings. The third-order valence-corrected chi connectivity index (χ3v) is 5.14. The summed E-state index contributed by atoms with van der Waals surface area (Å²) in [7, 11) is 0. The van der Waals surface area contributed by atoms with Gasteiger partial charge in [0.15, 0.2) is 0 Å². The maximum absolute atomic E-state index is 11.3. The molecule has 0 bridgehead atoms. The topological polar surface area (TPSA) is 70.2 Å². The Bertz CT molecular complexity index is 694. The van der Waals surface area contributed by atoms with Crippen molar-refractivity contribution >= 4 is 56.1 Å². The van der Waals surface area contributed by atoms with Crippen LogP contribution < -0.4 is 11.0 Å². The van der Waals surface area contributed by atoms with E-state index in [1.807, 2.05) is 6.07 Å². The second-order valence-electron chi connectivity index (χ2n) is 3.13. The normalized spacial score (nSPS) is 10.6. The SMILES string of the molecule is O=c1cc(O)c2c(I)c(I)ccc2[nH]c1=O. The lowest BCUT2D eigenvalue weighted by Gasteiger charge is -2.01. The predicted molar refractivity (Wildman–Crippen MR) is 77.9 cm³/mol. The summed E-state index contributed by atoms with van der Waals surface area (Å²) in [5.74, 6) is -0.179. The van der Waals surface area contributed by atoms with Crippen LogP contribution in [0, 0.1) is 7.14 Å². The average molecular weight is 441 g/mol. The van der Waals surface area contributed by atoms with Gasteiger partial charge in [0.1, 0.15) is 5.75 Å². The highest BCUT2D eigenvalue weighted by Crippen LogP contribution is 2.28. The van der Waals surface area contributed by atoms with Crippen molar-refractivity contribution in [3.05, 3.63) is 45.9 Å². The van der Waals surface area contributed by atoms with Gasteiger partial charge in [0.2, 0.25) is 5.43 Å². The lowest BCUT2D eigenvalue weighted by atomic mass is 10.2. The van der Waals surface area contributed by atoms with Crippen molar-refractivity contribution in [3.8, 4) is 5.75 Å². The fraction of sp³-hybridized carbons (Fsp3) is 0. The van der Waals surface area contributed by atoms with Gasteiger partial charge in [-0.25, -0.2) is 0 Å². The molecule has 4 nitrogen and oxygen atoms in total. The Kier molecular flexibility index (Phi) is 3.19. The van der Waals surface area contributed by atoms with Crippen LogP contribution in [0.3, 0.4) is 0 Å². The molecule has 2 N–H and O–H groups in total. The van der Waals surface area contributed by atoms with Crippen LogP contribution in [0.5, 0.6) is 5.75 Å². The highest BCUT2D eigenvalue weighted by Gasteiger charge is 2.08. The fourth-order valence-corrected chi connectivity index (χ4v) is 2.55. The Morgan fingerprint density at radius 1 is 1.19 bits per heavy atom. The van der Waals surface area contributed by atoms with Crippen LogP contribution in [-0.4, -0.2) is 10.1 Å². The van der Waals surface area contributed by atoms with Crippen molar-refractivity contribution in [3.63, 3.8) is 0 Å². The van der Waals surface area contributed by atoms with Crippen molar-refractivity contribution in [2.24, 2.45) is 0 Å². The fourth-order valence-electron chi connectivity index (χ4n) is 1.35. The summed E-state index contributed by atoms with van der Waals surface area (Å²) in [6, 6.07) is 4.42. The van der Waals surface area contributed by atoms with Gasteiger partial charge < -0.3 is 10.1 Å². The monoisotopic (exact) mass is 441 g/mol. The van der Waals surface area contributed by atoms with E-state index in [9.17, 15) is 14.7 Å². The van der Waals surface area contributed by atoms with Crippen LogP contribution in [0.2, 0.25) is 0 Å². The first-order valence-electron chi connectivity index (χ1n) is 4.25. The Hall–Kier alpha value is -0.640. The summed E-state index contributed by atoms with van der Waals surface area (Å²) in [6.07, 6.45) is 0. The van der Waals surface area contributed by atoms with Gasteiger partial charge >= 0.3 is 0 Å². The summed E-state index contributed by atoms with van der Waals surface area (Å²) >= 11 is 4.18. The molecule has 0 amide bonds. The van der Waals surface area contributed by atoms with Crippen molar-refractivity contribution < 1.29 is 5.11 Å². The van der Waals surface area contributed by atoms with Crippen molar-refractivity contribution in [2.75, 3.05) is 0 Å². The molecule has 0 radical (unpaired) electrons. The molecule has 16 heavy (non-hydrogen) atoms. The number of halogens is 2. The van der Waals surface area contributed by atoms with E-state index in [0.29, 0.717) is 10.9 Å². The minimum Gasteiger partial charge on any atom is -0.507 e. The molecular formula is C10H5I2NO3. The van der Waals surface area contributed by atoms with Gasteiger partial charge in [-0.05, 0) is 57.3 Å². The zero-order valence-corrected chi connectivity index (χ0v) is 12.1. The molecule has 2 rings (SSSR count). The van der Waals surface area contributed by atoms with Gasteiger partial charge in [-0.15, -0.1) is 0 Å². The Balaban J connectivity index is 3.17. The Labute approximate surface area is 117 Å². The third kappa shape index (κ3) is 1.95. The van der Waals surface area contributed by atoms with Crippen LogP contribution in [0.1, 0.15) is 0 Å². The van der Waals surface area contributed by atoms with Crippen LogP contribution in [-0.2, 0) is 0 Å². The third-order valence-electron chi connectivity index (χ3n) is 2.09. The summed E-state index contributed by atoms with van der Waals surface area (Å²) < 4.78 is 1.75. The molecule has 1 aromatic heterocycles. The van der Waals surface area contributed by atoms with E-state index < -0.39 is 11.0 Å². The molecule has 0 saturated carbocycles. The molecule has 1 aromatic carbocycles. The molecule has 0 unspecified atom stereocenters. The second kappa shape index (κ2) is 4.32. The zero-order valence-electron chi connectivity index (χ0n) is 7.75. The van der Waals surface area contributed by atoms with Gasteiger partial charge in [-0.1, -0.05) is 0 Å². The average Bonchev–Trinajstić information content (AvgIpc) is 2.32. The van der Waals surface area contributed by atoms with Gasteiger partial charge in [0.05, 0.1) is 10.9 Å². The maximum atomic E-state index is 11.3. The number of nitrogens with one attached hydrogen (secondary N) is 1. The lowest BCUT2D eigenvalue weighted by molar-refractivity contribution is 0.481. The van der Waals surface area contributed by atoms with Crippen LogP contribution in [0.25, 0.3) is 10.9 Å². The van der Waals surface area contributed by atoms with Crippen molar-refractivity contribution in [2.45, 2.75) is 0 Å². The lowest BCUT2D eigenvalue weighted by Crippen LogP contribution is -2.22. The molecule has 6 heteroatoms. The molecule has 0 aliphatic rings. The van der Waals surface area contributed by atoms with Crippen LogP contribution >= 0.6 is 45.2 Å². The van der Waals surface area contributed by atoms with Crippen molar-refractivity contribution in [1.29, 1.82) is 0 Å². The van der Waals surface area contributed by atoms with Gasteiger partial charge in [-0.3, -0.25) is 9.59 Å². The first-order chi connectivity index (χ1) is 7.50. The smallest absolute Gasteiger partial charge is 0.296 e. The minimum atomic E-state index is -0.750. The maximum Gasteiger partial charge on any atom is 0.296 e. The molecule has 0 aliphatic heterocycles. The molecule has 0 aliphatic carbocycles. The number of hydrogen-bond donors (Lipinski definition) is 2. The number of aromatic hydroxyl groups is 1. The number of fused-ring (bicyclic) bond motifs is 1. The first kappa shape index (κ1) is 11.8. The number of hydrogen-bond acceptors (Lipinski definition) is 3. The molecule has 0 atom stereocenters. The summed E-state index contributed by atoms with van der Waals surface area (Å²) in [6.45, 7) is 0. The van der Waals surface area contributed by atoms with Gasteiger partial charge in [-0.2, -0.15) is 0 Å².